The maximum atomic E-state index is 13.7. The quantitative estimate of drug-likeness (QED) is 0.835. The Morgan fingerprint density at radius 2 is 1.90 bits per heavy atom. The van der Waals surface area contributed by atoms with Crippen LogP contribution in [-0.4, -0.2) is 17.0 Å². The smallest absolute Gasteiger partial charge is 0.307 e. The first kappa shape index (κ1) is 14.2. The maximum Gasteiger partial charge on any atom is 0.307 e. The second kappa shape index (κ2) is 5.86. The largest absolute Gasteiger partial charge is 0.481 e. The first-order valence-corrected chi connectivity index (χ1v) is 6.44. The summed E-state index contributed by atoms with van der Waals surface area (Å²) in [6, 6.07) is 4.50. The zero-order valence-corrected chi connectivity index (χ0v) is 11.1. The van der Waals surface area contributed by atoms with E-state index in [2.05, 4.69) is 5.32 Å². The first-order chi connectivity index (χ1) is 9.49. The van der Waals surface area contributed by atoms with Crippen LogP contribution in [0.2, 0.25) is 0 Å². The average molecular weight is 277 g/mol. The summed E-state index contributed by atoms with van der Waals surface area (Å²) in [5.41, 5.74) is 0.837. The van der Waals surface area contributed by atoms with Crippen LogP contribution in [0.4, 0.5) is 10.1 Å². The molecule has 2 N–H and O–H groups in total. The number of amides is 1. The first-order valence-electron chi connectivity index (χ1n) is 6.44. The maximum absolute atomic E-state index is 13.7. The molecule has 20 heavy (non-hydrogen) atoms. The summed E-state index contributed by atoms with van der Waals surface area (Å²) in [7, 11) is 0. The van der Waals surface area contributed by atoms with Gasteiger partial charge < -0.3 is 10.4 Å². The second-order valence-corrected chi connectivity index (χ2v) is 4.97. The SMILES string of the molecule is Cc1ccc(NC(=O)[C@@H]2CC=CC[C@H]2C(=O)O)c(F)c1. The minimum absolute atomic E-state index is 0.0827. The molecule has 2 atom stereocenters. The highest BCUT2D eigenvalue weighted by Crippen LogP contribution is 2.27. The number of nitrogens with one attached hydrogen (secondary N) is 1. The van der Waals surface area contributed by atoms with Crippen molar-refractivity contribution in [2.75, 3.05) is 5.32 Å². The van der Waals surface area contributed by atoms with Crippen LogP contribution < -0.4 is 5.32 Å². The van der Waals surface area contributed by atoms with E-state index in [-0.39, 0.29) is 5.69 Å². The van der Waals surface area contributed by atoms with Crippen LogP contribution in [0.5, 0.6) is 0 Å². The normalized spacial score (nSPS) is 21.5. The van der Waals surface area contributed by atoms with E-state index in [1.807, 2.05) is 0 Å². The van der Waals surface area contributed by atoms with E-state index in [9.17, 15) is 14.0 Å². The van der Waals surface area contributed by atoms with Gasteiger partial charge in [0, 0.05) is 0 Å². The van der Waals surface area contributed by atoms with Crippen LogP contribution in [0.25, 0.3) is 0 Å². The Kier molecular flexibility index (Phi) is 4.17. The molecule has 5 heteroatoms. The fraction of sp³-hybridized carbons (Fsp3) is 0.333. The summed E-state index contributed by atoms with van der Waals surface area (Å²) in [5, 5.41) is 11.6. The van der Waals surface area contributed by atoms with Crippen molar-refractivity contribution in [2.45, 2.75) is 19.8 Å². The highest BCUT2D eigenvalue weighted by atomic mass is 19.1. The highest BCUT2D eigenvalue weighted by molar-refractivity contribution is 5.95. The molecule has 0 unspecified atom stereocenters. The number of benzene rings is 1. The number of allylic oxidation sites excluding steroid dienone is 2. The number of hydrogen-bond acceptors (Lipinski definition) is 2. The number of carbonyl (C=O) groups is 2. The molecule has 1 aliphatic carbocycles. The molecule has 1 aromatic rings. The summed E-state index contributed by atoms with van der Waals surface area (Å²) in [5.74, 6) is -3.40. The monoisotopic (exact) mass is 277 g/mol. The molecular formula is C15H16FNO3. The lowest BCUT2D eigenvalue weighted by Gasteiger charge is -2.24. The predicted octanol–water partition coefficient (Wildman–Crippen LogP) is 2.74. The minimum Gasteiger partial charge on any atom is -0.481 e. The van der Waals surface area contributed by atoms with Crippen LogP contribution in [0.15, 0.2) is 30.4 Å². The van der Waals surface area contributed by atoms with Gasteiger partial charge >= 0.3 is 5.97 Å². The average Bonchev–Trinajstić information content (AvgIpc) is 2.41. The lowest BCUT2D eigenvalue weighted by molar-refractivity contribution is -0.146. The third-order valence-corrected chi connectivity index (χ3v) is 3.47. The van der Waals surface area contributed by atoms with Gasteiger partial charge in [0.05, 0.1) is 17.5 Å². The van der Waals surface area contributed by atoms with Crippen LogP contribution in [-0.2, 0) is 9.59 Å². The molecule has 0 heterocycles. The molecular weight excluding hydrogens is 261 g/mol. The van der Waals surface area contributed by atoms with Crippen molar-refractivity contribution in [2.24, 2.45) is 11.8 Å². The van der Waals surface area contributed by atoms with Crippen LogP contribution >= 0.6 is 0 Å². The number of carboxylic acids is 1. The summed E-state index contributed by atoms with van der Waals surface area (Å²) in [4.78, 5) is 23.3. The molecule has 0 fully saturated rings. The Bertz CT molecular complexity index is 568. The van der Waals surface area contributed by atoms with E-state index in [1.165, 1.54) is 12.1 Å². The molecule has 0 saturated heterocycles. The van der Waals surface area contributed by atoms with E-state index < -0.39 is 29.5 Å². The molecule has 0 radical (unpaired) electrons. The summed E-state index contributed by atoms with van der Waals surface area (Å²) in [6.45, 7) is 1.75. The standard InChI is InChI=1S/C15H16FNO3/c1-9-6-7-13(12(16)8-9)17-14(18)10-4-2-3-5-11(10)15(19)20/h2-3,6-8,10-11H,4-5H2,1H3,(H,17,18)(H,19,20)/t10-,11-/m1/s1. The van der Waals surface area contributed by atoms with E-state index in [1.54, 1.807) is 25.1 Å². The minimum atomic E-state index is -1.00. The number of aliphatic carboxylic acids is 1. The van der Waals surface area contributed by atoms with Gasteiger partial charge in [0.1, 0.15) is 5.82 Å². The van der Waals surface area contributed by atoms with Crippen LogP contribution in [0, 0.1) is 24.6 Å². The Balaban J connectivity index is 2.14. The Hall–Kier alpha value is -2.17. The molecule has 0 saturated carbocycles. The van der Waals surface area contributed by atoms with Crippen LogP contribution in [0.1, 0.15) is 18.4 Å². The van der Waals surface area contributed by atoms with Crippen molar-refractivity contribution in [3.8, 4) is 0 Å². The molecule has 106 valence electrons. The molecule has 0 spiro atoms. The summed E-state index contributed by atoms with van der Waals surface area (Å²) in [6.07, 6.45) is 4.23. The highest BCUT2D eigenvalue weighted by Gasteiger charge is 2.34. The number of hydrogen-bond donors (Lipinski definition) is 2. The number of anilines is 1. The van der Waals surface area contributed by atoms with Gasteiger partial charge in [0.15, 0.2) is 0 Å². The fourth-order valence-corrected chi connectivity index (χ4v) is 2.32. The third kappa shape index (κ3) is 3.04. The Morgan fingerprint density at radius 3 is 2.50 bits per heavy atom. The molecule has 0 aliphatic heterocycles. The molecule has 1 amide bonds. The Labute approximate surface area is 116 Å². The van der Waals surface area contributed by atoms with E-state index in [0.29, 0.717) is 12.8 Å². The number of carbonyl (C=O) groups excluding carboxylic acids is 1. The van der Waals surface area contributed by atoms with Gasteiger partial charge in [-0.25, -0.2) is 4.39 Å². The van der Waals surface area contributed by atoms with Gasteiger partial charge in [0.25, 0.3) is 0 Å². The molecule has 0 bridgehead atoms. The van der Waals surface area contributed by atoms with Crippen molar-refractivity contribution in [1.82, 2.24) is 0 Å². The number of rotatable bonds is 3. The number of carboxylic acid groups (broad SMARTS) is 1. The predicted molar refractivity (Wildman–Crippen MR) is 72.8 cm³/mol. The topological polar surface area (TPSA) is 66.4 Å². The van der Waals surface area contributed by atoms with Gasteiger partial charge in [-0.05, 0) is 37.5 Å². The number of halogens is 1. The molecule has 0 aromatic heterocycles. The zero-order valence-electron chi connectivity index (χ0n) is 11.1. The van der Waals surface area contributed by atoms with Gasteiger partial charge in [-0.1, -0.05) is 18.2 Å². The molecule has 2 rings (SSSR count). The number of aryl methyl sites for hydroxylation is 1. The summed E-state index contributed by atoms with van der Waals surface area (Å²) >= 11 is 0. The van der Waals surface area contributed by atoms with Crippen molar-refractivity contribution >= 4 is 17.6 Å². The Morgan fingerprint density at radius 1 is 1.25 bits per heavy atom. The van der Waals surface area contributed by atoms with E-state index in [0.717, 1.165) is 5.56 Å². The van der Waals surface area contributed by atoms with Crippen LogP contribution in [0.3, 0.4) is 0 Å². The zero-order chi connectivity index (χ0) is 14.7. The van der Waals surface area contributed by atoms with Crippen molar-refractivity contribution in [1.29, 1.82) is 0 Å². The van der Waals surface area contributed by atoms with Gasteiger partial charge in [-0.2, -0.15) is 0 Å². The molecule has 4 nitrogen and oxygen atoms in total. The van der Waals surface area contributed by atoms with Gasteiger partial charge in [0.2, 0.25) is 5.91 Å². The van der Waals surface area contributed by atoms with E-state index >= 15 is 0 Å². The molecule has 1 aromatic carbocycles. The molecule has 1 aliphatic rings. The van der Waals surface area contributed by atoms with E-state index in [4.69, 9.17) is 5.11 Å². The lowest BCUT2D eigenvalue weighted by atomic mass is 9.82. The van der Waals surface area contributed by atoms with Gasteiger partial charge in [-0.3, -0.25) is 9.59 Å². The van der Waals surface area contributed by atoms with Gasteiger partial charge in [-0.15, -0.1) is 0 Å². The third-order valence-electron chi connectivity index (χ3n) is 3.47. The van der Waals surface area contributed by atoms with Crippen molar-refractivity contribution in [3.05, 3.63) is 41.7 Å². The second-order valence-electron chi connectivity index (χ2n) is 4.97. The fourth-order valence-electron chi connectivity index (χ4n) is 2.32. The van der Waals surface area contributed by atoms with Crippen molar-refractivity contribution < 1.29 is 19.1 Å². The summed E-state index contributed by atoms with van der Waals surface area (Å²) < 4.78 is 13.7. The van der Waals surface area contributed by atoms with Crippen molar-refractivity contribution in [3.63, 3.8) is 0 Å². The lowest BCUT2D eigenvalue weighted by Crippen LogP contribution is -2.34.